The molecule has 0 saturated carbocycles. The van der Waals surface area contributed by atoms with E-state index in [-0.39, 0.29) is 12.1 Å². The van der Waals surface area contributed by atoms with Crippen LogP contribution in [0.15, 0.2) is 36.7 Å². The van der Waals surface area contributed by atoms with E-state index in [0.717, 1.165) is 66.7 Å². The zero-order chi connectivity index (χ0) is 27.7. The summed E-state index contributed by atoms with van der Waals surface area (Å²) < 4.78 is 7.28. The first-order valence-corrected chi connectivity index (χ1v) is 14.0. The topological polar surface area (TPSA) is 97.7 Å². The van der Waals surface area contributed by atoms with Crippen LogP contribution in [0.2, 0.25) is 10.0 Å². The zero-order valence-electron chi connectivity index (χ0n) is 22.7. The van der Waals surface area contributed by atoms with E-state index in [2.05, 4.69) is 32.8 Å². The summed E-state index contributed by atoms with van der Waals surface area (Å²) >= 11 is 13.5. The summed E-state index contributed by atoms with van der Waals surface area (Å²) in [4.78, 5) is 18.5. The number of rotatable bonds is 8. The van der Waals surface area contributed by atoms with Gasteiger partial charge < -0.3 is 20.3 Å². The van der Waals surface area contributed by atoms with Crippen molar-refractivity contribution in [2.24, 2.45) is 5.73 Å². The molecule has 0 spiro atoms. The number of halogens is 2. The third-order valence-corrected chi connectivity index (χ3v) is 7.78. The van der Waals surface area contributed by atoms with Gasteiger partial charge in [0.05, 0.1) is 28.4 Å². The minimum Gasteiger partial charge on any atom is -0.497 e. The van der Waals surface area contributed by atoms with Gasteiger partial charge in [-0.05, 0) is 51.3 Å². The Morgan fingerprint density at radius 2 is 1.77 bits per heavy atom. The second-order valence-corrected chi connectivity index (χ2v) is 10.8. The third-order valence-electron chi connectivity index (χ3n) is 7.18. The molecule has 4 aromatic rings. The van der Waals surface area contributed by atoms with Gasteiger partial charge >= 0.3 is 0 Å². The van der Waals surface area contributed by atoms with Gasteiger partial charge in [0, 0.05) is 61.4 Å². The lowest BCUT2D eigenvalue weighted by molar-refractivity contribution is 0.415. The first kappa shape index (κ1) is 27.4. The second kappa shape index (κ2) is 11.5. The Balaban J connectivity index is 1.59. The van der Waals surface area contributed by atoms with Crippen molar-refractivity contribution in [2.75, 3.05) is 36.5 Å². The summed E-state index contributed by atoms with van der Waals surface area (Å²) in [5.41, 5.74) is 10.4. The highest BCUT2D eigenvalue weighted by molar-refractivity contribution is 6.39. The van der Waals surface area contributed by atoms with Gasteiger partial charge in [-0.1, -0.05) is 30.1 Å². The molecule has 3 aromatic heterocycles. The Morgan fingerprint density at radius 3 is 2.36 bits per heavy atom. The third kappa shape index (κ3) is 5.48. The molecular formula is C28H34Cl2N8O. The van der Waals surface area contributed by atoms with Crippen molar-refractivity contribution in [3.05, 3.63) is 58.1 Å². The molecule has 1 atom stereocenters. The van der Waals surface area contributed by atoms with E-state index >= 15 is 0 Å². The molecule has 206 valence electrons. The molecule has 39 heavy (non-hydrogen) atoms. The number of benzene rings is 1. The zero-order valence-corrected chi connectivity index (χ0v) is 24.2. The summed E-state index contributed by atoms with van der Waals surface area (Å²) in [6, 6.07) is 7.75. The average molecular weight is 570 g/mol. The van der Waals surface area contributed by atoms with Gasteiger partial charge in [0.1, 0.15) is 11.6 Å². The van der Waals surface area contributed by atoms with Crippen molar-refractivity contribution < 1.29 is 4.74 Å². The van der Waals surface area contributed by atoms with Gasteiger partial charge in [0.15, 0.2) is 5.65 Å². The fourth-order valence-corrected chi connectivity index (χ4v) is 5.97. The first-order chi connectivity index (χ1) is 18.8. The molecule has 1 unspecified atom stereocenters. The summed E-state index contributed by atoms with van der Waals surface area (Å²) in [5.74, 6) is 2.34. The van der Waals surface area contributed by atoms with Crippen LogP contribution in [0.5, 0.6) is 5.75 Å². The van der Waals surface area contributed by atoms with Gasteiger partial charge in [-0.2, -0.15) is 9.61 Å². The fraction of sp³-hybridized carbons (Fsp3) is 0.429. The van der Waals surface area contributed by atoms with Crippen LogP contribution < -0.4 is 20.3 Å². The van der Waals surface area contributed by atoms with E-state index < -0.39 is 0 Å². The van der Waals surface area contributed by atoms with E-state index in [1.807, 2.05) is 24.4 Å². The molecule has 1 aliphatic rings. The van der Waals surface area contributed by atoms with Crippen LogP contribution in [0.25, 0.3) is 16.8 Å². The highest BCUT2D eigenvalue weighted by atomic mass is 35.5. The van der Waals surface area contributed by atoms with Crippen molar-refractivity contribution >= 4 is 40.6 Å². The Bertz CT molecular complexity index is 1430. The predicted octanol–water partition coefficient (Wildman–Crippen LogP) is 5.20. The average Bonchev–Trinajstić information content (AvgIpc) is 3.26. The lowest BCUT2D eigenvalue weighted by atomic mass is 10.0. The molecule has 11 heteroatoms. The number of fused-ring (bicyclic) bond motifs is 1. The predicted molar refractivity (Wildman–Crippen MR) is 157 cm³/mol. The van der Waals surface area contributed by atoms with Crippen molar-refractivity contribution in [1.82, 2.24) is 24.6 Å². The maximum Gasteiger partial charge on any atom is 0.225 e. The summed E-state index contributed by atoms with van der Waals surface area (Å²) in [5, 5.41) is 5.95. The maximum absolute atomic E-state index is 6.74. The van der Waals surface area contributed by atoms with Crippen LogP contribution >= 0.6 is 23.2 Å². The molecule has 1 saturated heterocycles. The van der Waals surface area contributed by atoms with Crippen LogP contribution in [0.1, 0.15) is 38.1 Å². The van der Waals surface area contributed by atoms with Crippen LogP contribution in [0.4, 0.5) is 11.8 Å². The number of nitrogens with zero attached hydrogens (tertiary/aromatic N) is 7. The number of aryl methyl sites for hydroxylation is 2. The Hall–Kier alpha value is -3.14. The maximum atomic E-state index is 6.74. The Labute approximate surface area is 238 Å². The highest BCUT2D eigenvalue weighted by Crippen LogP contribution is 2.42. The number of hydrogen-bond donors (Lipinski definition) is 1. The Kier molecular flexibility index (Phi) is 8.11. The van der Waals surface area contributed by atoms with Gasteiger partial charge in [0.2, 0.25) is 5.95 Å². The van der Waals surface area contributed by atoms with Crippen LogP contribution in [-0.4, -0.2) is 63.4 Å². The second-order valence-electron chi connectivity index (χ2n) is 10.0. The molecule has 1 aromatic carbocycles. The van der Waals surface area contributed by atoms with Crippen LogP contribution in [0.3, 0.4) is 0 Å². The van der Waals surface area contributed by atoms with E-state index in [1.54, 1.807) is 31.6 Å². The number of methoxy groups -OCH3 is 1. The molecule has 0 bridgehead atoms. The summed E-state index contributed by atoms with van der Waals surface area (Å²) in [6.07, 6.45) is 6.23. The highest BCUT2D eigenvalue weighted by Gasteiger charge is 2.30. The Morgan fingerprint density at radius 1 is 1.10 bits per heavy atom. The molecule has 1 fully saturated rings. The largest absolute Gasteiger partial charge is 0.497 e. The first-order valence-electron chi connectivity index (χ1n) is 13.3. The van der Waals surface area contributed by atoms with Gasteiger partial charge in [-0.15, -0.1) is 0 Å². The normalized spacial score (nSPS) is 15.1. The molecule has 1 aliphatic heterocycles. The van der Waals surface area contributed by atoms with Gasteiger partial charge in [-0.25, -0.2) is 15.0 Å². The van der Waals surface area contributed by atoms with Gasteiger partial charge in [0.25, 0.3) is 0 Å². The molecule has 0 radical (unpaired) electrons. The minimum atomic E-state index is -0.0321. The molecule has 9 nitrogen and oxygen atoms in total. The number of nitrogens with two attached hydrogens (primary N) is 1. The molecule has 5 rings (SSSR count). The van der Waals surface area contributed by atoms with E-state index in [0.29, 0.717) is 27.9 Å². The minimum absolute atomic E-state index is 0.0321. The summed E-state index contributed by atoms with van der Waals surface area (Å²) in [7, 11) is 1.59. The monoisotopic (exact) mass is 568 g/mol. The van der Waals surface area contributed by atoms with Crippen LogP contribution in [0, 0.1) is 6.92 Å². The van der Waals surface area contributed by atoms with Crippen molar-refractivity contribution in [3.63, 3.8) is 0 Å². The van der Waals surface area contributed by atoms with Crippen molar-refractivity contribution in [2.45, 2.75) is 52.1 Å². The number of piperidine rings is 1. The molecule has 0 amide bonds. The van der Waals surface area contributed by atoms with E-state index in [1.165, 1.54) is 0 Å². The lowest BCUT2D eigenvalue weighted by Gasteiger charge is -2.40. The fourth-order valence-electron chi connectivity index (χ4n) is 5.31. The molecule has 0 aliphatic carbocycles. The number of aromatic nitrogens is 5. The number of ether oxygens (including phenoxy) is 1. The quantitative estimate of drug-likeness (QED) is 0.310. The van der Waals surface area contributed by atoms with Crippen LogP contribution in [-0.2, 0) is 6.42 Å². The van der Waals surface area contributed by atoms with Crippen molar-refractivity contribution in [1.29, 1.82) is 0 Å². The lowest BCUT2D eigenvalue weighted by Crippen LogP contribution is -2.49. The van der Waals surface area contributed by atoms with Gasteiger partial charge in [-0.3, -0.25) is 0 Å². The molecule has 2 N–H and O–H groups in total. The molecule has 4 heterocycles. The SMILES string of the molecule is CCc1cc(N(CC(C)N)C2CCN(c3ncccn3)CC2)n2nc(C)c(-c3c(Cl)cc(OC)cc3Cl)c2n1. The number of hydrogen-bond acceptors (Lipinski definition) is 8. The molecular weight excluding hydrogens is 535 g/mol. The smallest absolute Gasteiger partial charge is 0.225 e. The standard InChI is InChI=1S/C28H34Cl2N8O/c1-5-19-13-24(37(16-17(2)31)20-7-11-36(12-8-20)28-32-9-6-10-33-28)38-27(34-19)25(18(3)35-38)26-22(29)14-21(39-4)15-23(26)30/h6,9-10,13-15,17,20H,5,7-8,11-12,16,31H2,1-4H3. The summed E-state index contributed by atoms with van der Waals surface area (Å²) in [6.45, 7) is 8.51. The number of anilines is 2. The van der Waals surface area contributed by atoms with E-state index in [4.69, 9.17) is 43.8 Å². The van der Waals surface area contributed by atoms with Crippen molar-refractivity contribution in [3.8, 4) is 16.9 Å². The van der Waals surface area contributed by atoms with E-state index in [9.17, 15) is 0 Å².